The number of pyridine rings is 2. The minimum Gasteiger partial charge on any atom is -0.500 e. The zero-order chi connectivity index (χ0) is 24.0. The molecule has 0 aliphatic rings. The average Bonchev–Trinajstić information content (AvgIpc) is 3.28. The third-order valence-corrected chi connectivity index (χ3v) is 5.70. The molecule has 181 valence electrons. The van der Waals surface area contributed by atoms with Crippen LogP contribution in [0, 0.1) is 18.1 Å². The molecule has 0 bridgehead atoms. The standard InChI is InChI=1S/C21H18NO.C11H8N.Ir/c1-14(2)11-15-9-10-22-19(12-15)16-7-8-21-18(13-16)17-5-3-4-6-20(17)23-21;1-2-6-10(7-3-1)11-8-4-5-9-12-11;/h3-6,8-10,12-14H,11H2,1-2H3;1-6,8-9H;/q2*-1;. The van der Waals surface area contributed by atoms with Crippen LogP contribution >= 0.6 is 0 Å². The average molecular weight is 647 g/mol. The molecule has 0 saturated carbocycles. The quantitative estimate of drug-likeness (QED) is 0.181. The first-order chi connectivity index (χ1) is 17.2. The van der Waals surface area contributed by atoms with Gasteiger partial charge in [-0.2, -0.15) is 0 Å². The number of furan rings is 1. The molecule has 36 heavy (non-hydrogen) atoms. The molecular weight excluding hydrogens is 621 g/mol. The maximum atomic E-state index is 5.87. The van der Waals surface area contributed by atoms with E-state index in [-0.39, 0.29) is 20.1 Å². The van der Waals surface area contributed by atoms with E-state index in [2.05, 4.69) is 60.2 Å². The number of hydrogen-bond acceptors (Lipinski definition) is 3. The van der Waals surface area contributed by atoms with E-state index in [9.17, 15) is 0 Å². The van der Waals surface area contributed by atoms with Crippen LogP contribution in [0.3, 0.4) is 0 Å². The van der Waals surface area contributed by atoms with E-state index in [1.165, 1.54) is 5.56 Å². The Labute approximate surface area is 225 Å². The van der Waals surface area contributed by atoms with Crippen molar-refractivity contribution in [3.05, 3.63) is 121 Å². The van der Waals surface area contributed by atoms with Crippen LogP contribution in [0.1, 0.15) is 19.4 Å². The van der Waals surface area contributed by atoms with Gasteiger partial charge >= 0.3 is 0 Å². The van der Waals surface area contributed by atoms with E-state index in [1.807, 2.05) is 72.9 Å². The van der Waals surface area contributed by atoms with Crippen molar-refractivity contribution in [2.75, 3.05) is 0 Å². The maximum Gasteiger partial charge on any atom is 0.120 e. The molecule has 0 spiro atoms. The molecule has 3 aromatic carbocycles. The van der Waals surface area contributed by atoms with Gasteiger partial charge in [-0.05, 0) is 41.9 Å². The van der Waals surface area contributed by atoms with Crippen LogP contribution in [0.4, 0.5) is 0 Å². The summed E-state index contributed by atoms with van der Waals surface area (Å²) in [4.78, 5) is 8.74. The summed E-state index contributed by atoms with van der Waals surface area (Å²) in [5, 5.41) is 2.25. The van der Waals surface area contributed by atoms with Crippen molar-refractivity contribution in [1.82, 2.24) is 9.97 Å². The van der Waals surface area contributed by atoms with Crippen LogP contribution < -0.4 is 0 Å². The van der Waals surface area contributed by atoms with Gasteiger partial charge in [0.05, 0.1) is 5.58 Å². The second kappa shape index (κ2) is 11.9. The fourth-order valence-corrected chi connectivity index (χ4v) is 4.11. The summed E-state index contributed by atoms with van der Waals surface area (Å²) in [6, 6.07) is 36.6. The molecule has 6 aromatic rings. The Morgan fingerprint density at radius 3 is 2.31 bits per heavy atom. The number of aromatic nitrogens is 2. The molecule has 3 nitrogen and oxygen atoms in total. The molecule has 0 aliphatic heterocycles. The molecule has 3 heterocycles. The first-order valence-corrected chi connectivity index (χ1v) is 11.8. The number of benzene rings is 3. The van der Waals surface area contributed by atoms with Crippen LogP contribution in [0.15, 0.2) is 108 Å². The Balaban J connectivity index is 0.000000198. The van der Waals surface area contributed by atoms with E-state index in [0.717, 1.165) is 50.9 Å². The summed E-state index contributed by atoms with van der Waals surface area (Å²) in [6.07, 6.45) is 4.74. The van der Waals surface area contributed by atoms with Crippen molar-refractivity contribution in [1.29, 1.82) is 0 Å². The van der Waals surface area contributed by atoms with Crippen molar-refractivity contribution < 1.29 is 24.5 Å². The number of nitrogens with zero attached hydrogens (tertiary/aromatic N) is 2. The van der Waals surface area contributed by atoms with E-state index in [0.29, 0.717) is 5.92 Å². The molecule has 0 aliphatic carbocycles. The molecule has 0 unspecified atom stereocenters. The Hall–Kier alpha value is -3.59. The van der Waals surface area contributed by atoms with Crippen LogP contribution in [0.25, 0.3) is 44.5 Å². The molecule has 4 heteroatoms. The molecule has 0 atom stereocenters. The third-order valence-electron chi connectivity index (χ3n) is 5.70. The number of rotatable bonds is 4. The van der Waals surface area contributed by atoms with Gasteiger partial charge in [-0.15, -0.1) is 59.7 Å². The summed E-state index contributed by atoms with van der Waals surface area (Å²) in [5.74, 6) is 0.634. The van der Waals surface area contributed by atoms with Crippen LogP contribution in [-0.2, 0) is 26.5 Å². The molecule has 0 N–H and O–H groups in total. The van der Waals surface area contributed by atoms with E-state index >= 15 is 0 Å². The fraction of sp³-hybridized carbons (Fsp3) is 0.125. The van der Waals surface area contributed by atoms with Gasteiger partial charge < -0.3 is 14.4 Å². The largest absolute Gasteiger partial charge is 0.500 e. The molecule has 3 aromatic heterocycles. The second-order valence-corrected chi connectivity index (χ2v) is 8.86. The second-order valence-electron chi connectivity index (χ2n) is 8.86. The zero-order valence-corrected chi connectivity index (χ0v) is 22.6. The van der Waals surface area contributed by atoms with Gasteiger partial charge in [0.15, 0.2) is 0 Å². The van der Waals surface area contributed by atoms with Gasteiger partial charge in [0.2, 0.25) is 0 Å². The summed E-state index contributed by atoms with van der Waals surface area (Å²) < 4.78 is 5.87. The first kappa shape index (κ1) is 25.5. The monoisotopic (exact) mass is 647 g/mol. The summed E-state index contributed by atoms with van der Waals surface area (Å²) in [5.41, 5.74) is 7.08. The van der Waals surface area contributed by atoms with Gasteiger partial charge in [-0.25, -0.2) is 0 Å². The van der Waals surface area contributed by atoms with E-state index < -0.39 is 0 Å². The third kappa shape index (κ3) is 5.96. The first-order valence-electron chi connectivity index (χ1n) is 11.8. The van der Waals surface area contributed by atoms with Crippen LogP contribution in [0.5, 0.6) is 0 Å². The Bertz CT molecular complexity index is 1510. The van der Waals surface area contributed by atoms with Gasteiger partial charge in [-0.1, -0.05) is 61.2 Å². The maximum absolute atomic E-state index is 5.87. The number of para-hydroxylation sites is 1. The van der Waals surface area contributed by atoms with Crippen molar-refractivity contribution >= 4 is 21.9 Å². The summed E-state index contributed by atoms with van der Waals surface area (Å²) in [6.45, 7) is 4.46. The number of hydrogen-bond donors (Lipinski definition) is 0. The van der Waals surface area contributed by atoms with Crippen molar-refractivity contribution in [2.45, 2.75) is 20.3 Å². The SMILES string of the molecule is CC(C)Cc1ccnc(-c2[c-]cc3oc4ccccc4c3c2)c1.[Ir].[c-]1ccccc1-c1ccccn1. The predicted octanol–water partition coefficient (Wildman–Crippen LogP) is 8.19. The van der Waals surface area contributed by atoms with Crippen LogP contribution in [0.2, 0.25) is 0 Å². The predicted molar refractivity (Wildman–Crippen MR) is 143 cm³/mol. The molecule has 0 fully saturated rings. The smallest absolute Gasteiger partial charge is 0.120 e. The Morgan fingerprint density at radius 1 is 0.722 bits per heavy atom. The van der Waals surface area contributed by atoms with Crippen molar-refractivity contribution in [3.8, 4) is 22.5 Å². The van der Waals surface area contributed by atoms with Crippen LogP contribution in [-0.4, -0.2) is 9.97 Å². The van der Waals surface area contributed by atoms with Crippen molar-refractivity contribution in [2.24, 2.45) is 5.92 Å². The van der Waals surface area contributed by atoms with Gasteiger partial charge in [0, 0.05) is 37.9 Å². The molecule has 0 saturated heterocycles. The van der Waals surface area contributed by atoms with E-state index in [1.54, 1.807) is 6.20 Å². The fourth-order valence-electron chi connectivity index (χ4n) is 4.11. The van der Waals surface area contributed by atoms with E-state index in [4.69, 9.17) is 4.42 Å². The summed E-state index contributed by atoms with van der Waals surface area (Å²) in [7, 11) is 0. The minimum absolute atomic E-state index is 0. The summed E-state index contributed by atoms with van der Waals surface area (Å²) >= 11 is 0. The Morgan fingerprint density at radius 2 is 1.53 bits per heavy atom. The molecule has 0 amide bonds. The van der Waals surface area contributed by atoms with Gasteiger partial charge in [-0.3, -0.25) is 0 Å². The number of fused-ring (bicyclic) bond motifs is 3. The van der Waals surface area contributed by atoms with Crippen molar-refractivity contribution in [3.63, 3.8) is 0 Å². The molecular formula is C32H26IrN2O-2. The molecule has 6 rings (SSSR count). The van der Waals surface area contributed by atoms with Gasteiger partial charge in [0.1, 0.15) is 5.58 Å². The normalized spacial score (nSPS) is 10.6. The molecule has 1 radical (unpaired) electrons. The van der Waals surface area contributed by atoms with Gasteiger partial charge in [0.25, 0.3) is 0 Å². The Kier molecular flexibility index (Phi) is 8.43. The topological polar surface area (TPSA) is 38.9 Å². The minimum atomic E-state index is 0. The zero-order valence-electron chi connectivity index (χ0n) is 20.2.